The molecule has 0 atom stereocenters. The molecule has 2 rings (SSSR count). The van der Waals surface area contributed by atoms with Gasteiger partial charge in [-0.15, -0.1) is 0 Å². The molecule has 2 aromatic rings. The van der Waals surface area contributed by atoms with Gasteiger partial charge in [-0.3, -0.25) is 10.1 Å². The molecule has 1 heterocycles. The van der Waals surface area contributed by atoms with Crippen molar-refractivity contribution in [1.29, 1.82) is 0 Å². The highest BCUT2D eigenvalue weighted by Gasteiger charge is 2.19. The molecule has 1 aromatic heterocycles. The van der Waals surface area contributed by atoms with Crippen LogP contribution in [0.15, 0.2) is 47.9 Å². The van der Waals surface area contributed by atoms with Gasteiger partial charge in [0.1, 0.15) is 6.33 Å². The van der Waals surface area contributed by atoms with Crippen LogP contribution in [0.2, 0.25) is 0 Å². The van der Waals surface area contributed by atoms with E-state index in [1.807, 2.05) is 6.92 Å². The molecular weight excluding hydrogens is 282 g/mol. The fraction of sp³-hybridized carbons (Fsp3) is 0.0833. The Hall–Kier alpha value is -2.48. The number of rotatable bonds is 4. The summed E-state index contributed by atoms with van der Waals surface area (Å²) in [7, 11) is -3.81. The van der Waals surface area contributed by atoms with Crippen molar-refractivity contribution >= 4 is 16.1 Å². The van der Waals surface area contributed by atoms with Crippen LogP contribution in [0, 0.1) is 17.0 Å². The maximum absolute atomic E-state index is 12.4. The van der Waals surface area contributed by atoms with Gasteiger partial charge in [0.2, 0.25) is 6.20 Å². The predicted molar refractivity (Wildman–Crippen MR) is 72.0 cm³/mol. The van der Waals surface area contributed by atoms with Crippen molar-refractivity contribution in [3.05, 3.63) is 64.4 Å². The first kappa shape index (κ1) is 13.9. The highest BCUT2D eigenvalue weighted by atomic mass is 32.2. The van der Waals surface area contributed by atoms with Crippen molar-refractivity contribution < 1.29 is 13.3 Å². The van der Waals surface area contributed by atoms with E-state index < -0.39 is 14.9 Å². The zero-order valence-electron chi connectivity index (χ0n) is 10.5. The number of imidazole rings is 1. The predicted octanol–water partition coefficient (Wildman–Crippen LogP) is 1.68. The number of hydrogen-bond donors (Lipinski definition) is 0. The van der Waals surface area contributed by atoms with Gasteiger partial charge in [-0.2, -0.15) is 0 Å². The maximum atomic E-state index is 12.4. The van der Waals surface area contributed by atoms with Crippen LogP contribution < -0.4 is 0 Å². The average molecular weight is 293 g/mol. The molecule has 0 aliphatic rings. The summed E-state index contributed by atoms with van der Waals surface area (Å²) in [6, 6.07) is 6.31. The summed E-state index contributed by atoms with van der Waals surface area (Å²) in [5, 5.41) is 10.3. The van der Waals surface area contributed by atoms with E-state index in [2.05, 4.69) is 4.98 Å². The summed E-state index contributed by atoms with van der Waals surface area (Å²) < 4.78 is 25.7. The van der Waals surface area contributed by atoms with Gasteiger partial charge in [-0.25, -0.2) is 17.4 Å². The molecule has 0 amide bonds. The number of aryl methyl sites for hydroxylation is 1. The Balaban J connectivity index is 2.48. The van der Waals surface area contributed by atoms with Gasteiger partial charge in [0, 0.05) is 6.08 Å². The van der Waals surface area contributed by atoms with Crippen LogP contribution in [0.3, 0.4) is 0 Å². The second-order valence-electron chi connectivity index (χ2n) is 4.03. The van der Waals surface area contributed by atoms with Gasteiger partial charge in [0.25, 0.3) is 10.0 Å². The maximum Gasteiger partial charge on any atom is 0.269 e. The van der Waals surface area contributed by atoms with Gasteiger partial charge < -0.3 is 0 Å². The first-order valence-corrected chi connectivity index (χ1v) is 7.01. The summed E-state index contributed by atoms with van der Waals surface area (Å²) in [6.45, 7) is 1.85. The molecule has 8 heteroatoms. The normalized spacial score (nSPS) is 11.8. The van der Waals surface area contributed by atoms with Crippen LogP contribution in [0.5, 0.6) is 0 Å². The van der Waals surface area contributed by atoms with E-state index in [1.165, 1.54) is 18.3 Å². The Morgan fingerprint density at radius 2 is 1.95 bits per heavy atom. The molecule has 0 saturated carbocycles. The van der Waals surface area contributed by atoms with Crippen molar-refractivity contribution in [2.24, 2.45) is 0 Å². The van der Waals surface area contributed by atoms with E-state index in [0.717, 1.165) is 21.9 Å². The third-order valence-corrected chi connectivity index (χ3v) is 4.27. The zero-order valence-corrected chi connectivity index (χ0v) is 11.3. The van der Waals surface area contributed by atoms with Crippen LogP contribution in [0.1, 0.15) is 11.3 Å². The summed E-state index contributed by atoms with van der Waals surface area (Å²) >= 11 is 0. The average Bonchev–Trinajstić information content (AvgIpc) is 2.86. The van der Waals surface area contributed by atoms with Crippen LogP contribution in [-0.2, 0) is 10.0 Å². The summed E-state index contributed by atoms with van der Waals surface area (Å²) in [4.78, 5) is 13.4. The van der Waals surface area contributed by atoms with E-state index in [1.54, 1.807) is 12.1 Å². The van der Waals surface area contributed by atoms with E-state index in [0.29, 0.717) is 6.20 Å². The Kier molecular flexibility index (Phi) is 3.66. The highest BCUT2D eigenvalue weighted by molar-refractivity contribution is 7.90. The molecule has 0 aliphatic heterocycles. The van der Waals surface area contributed by atoms with E-state index in [4.69, 9.17) is 0 Å². The van der Waals surface area contributed by atoms with Gasteiger partial charge in [0.15, 0.2) is 0 Å². The van der Waals surface area contributed by atoms with Crippen molar-refractivity contribution in [1.82, 2.24) is 8.96 Å². The SMILES string of the molecule is Cc1ccc(S(=O)(=O)n2cncc2/C=C/[N+](=O)[O-])cc1. The Bertz CT molecular complexity index is 760. The van der Waals surface area contributed by atoms with Crippen LogP contribution in [0.25, 0.3) is 6.08 Å². The lowest BCUT2D eigenvalue weighted by molar-refractivity contribution is -0.401. The highest BCUT2D eigenvalue weighted by Crippen LogP contribution is 2.17. The van der Waals surface area contributed by atoms with Crippen molar-refractivity contribution in [3.8, 4) is 0 Å². The van der Waals surface area contributed by atoms with Crippen molar-refractivity contribution in [3.63, 3.8) is 0 Å². The van der Waals surface area contributed by atoms with Crippen LogP contribution in [-0.4, -0.2) is 22.3 Å². The molecule has 0 bridgehead atoms. The minimum atomic E-state index is -3.81. The fourth-order valence-corrected chi connectivity index (χ4v) is 2.84. The van der Waals surface area contributed by atoms with Gasteiger partial charge >= 0.3 is 0 Å². The lowest BCUT2D eigenvalue weighted by atomic mass is 10.2. The van der Waals surface area contributed by atoms with Crippen LogP contribution in [0.4, 0.5) is 0 Å². The minimum Gasteiger partial charge on any atom is -0.259 e. The van der Waals surface area contributed by atoms with Crippen molar-refractivity contribution in [2.75, 3.05) is 0 Å². The minimum absolute atomic E-state index is 0.0943. The van der Waals surface area contributed by atoms with E-state index >= 15 is 0 Å². The fourth-order valence-electron chi connectivity index (χ4n) is 1.57. The van der Waals surface area contributed by atoms with Crippen molar-refractivity contribution in [2.45, 2.75) is 11.8 Å². The number of aromatic nitrogens is 2. The molecular formula is C12H11N3O4S. The second kappa shape index (κ2) is 5.25. The van der Waals surface area contributed by atoms with E-state index in [9.17, 15) is 18.5 Å². The molecule has 7 nitrogen and oxygen atoms in total. The lowest BCUT2D eigenvalue weighted by Gasteiger charge is -2.07. The Labute approximate surface area is 115 Å². The van der Waals surface area contributed by atoms with Crippen LogP contribution >= 0.6 is 0 Å². The topological polar surface area (TPSA) is 95.1 Å². The first-order chi connectivity index (χ1) is 9.41. The third kappa shape index (κ3) is 2.75. The quantitative estimate of drug-likeness (QED) is 0.631. The molecule has 0 spiro atoms. The lowest BCUT2D eigenvalue weighted by Crippen LogP contribution is -2.13. The first-order valence-electron chi connectivity index (χ1n) is 5.57. The number of benzene rings is 1. The molecule has 0 aliphatic carbocycles. The Morgan fingerprint density at radius 1 is 1.30 bits per heavy atom. The van der Waals surface area contributed by atoms with Gasteiger partial charge in [-0.1, -0.05) is 17.7 Å². The second-order valence-corrected chi connectivity index (χ2v) is 5.85. The molecule has 0 N–H and O–H groups in total. The Morgan fingerprint density at radius 3 is 2.55 bits per heavy atom. The summed E-state index contributed by atoms with van der Waals surface area (Å²) in [5.41, 5.74) is 1.05. The molecule has 20 heavy (non-hydrogen) atoms. The molecule has 0 unspecified atom stereocenters. The number of nitrogens with zero attached hydrogens (tertiary/aromatic N) is 3. The van der Waals surface area contributed by atoms with Gasteiger partial charge in [-0.05, 0) is 19.1 Å². The third-order valence-electron chi connectivity index (χ3n) is 2.58. The standard InChI is InChI=1S/C12H11N3O4S/c1-10-2-4-12(5-3-10)20(18,19)14-9-13-8-11(14)6-7-15(16)17/h2-9H,1H3/b7-6+. The number of hydrogen-bond acceptors (Lipinski definition) is 5. The molecule has 0 radical (unpaired) electrons. The van der Waals surface area contributed by atoms with Gasteiger partial charge in [0.05, 0.1) is 21.7 Å². The molecule has 0 saturated heterocycles. The summed E-state index contributed by atoms with van der Waals surface area (Å²) in [6.07, 6.45) is 4.09. The number of nitro groups is 1. The monoisotopic (exact) mass is 293 g/mol. The molecule has 1 aromatic carbocycles. The van der Waals surface area contributed by atoms with E-state index in [-0.39, 0.29) is 10.6 Å². The molecule has 104 valence electrons. The smallest absolute Gasteiger partial charge is 0.259 e. The summed E-state index contributed by atoms with van der Waals surface area (Å²) in [5.74, 6) is 0. The molecule has 0 fully saturated rings. The largest absolute Gasteiger partial charge is 0.269 e. The zero-order chi connectivity index (χ0) is 14.8.